The molecule has 126 valence electrons. The van der Waals surface area contributed by atoms with Crippen molar-refractivity contribution in [3.8, 4) is 0 Å². The molecular weight excluding hydrogens is 326 g/mol. The van der Waals surface area contributed by atoms with Crippen LogP contribution in [0.2, 0.25) is 0 Å². The van der Waals surface area contributed by atoms with Crippen LogP contribution < -0.4 is 10.6 Å². The molecular formula is C16H19N5O2S. The van der Waals surface area contributed by atoms with Crippen molar-refractivity contribution < 1.29 is 9.59 Å². The molecule has 24 heavy (non-hydrogen) atoms. The number of anilines is 1. The second kappa shape index (κ2) is 6.35. The average Bonchev–Trinajstić information content (AvgIpc) is 3.27. The smallest absolute Gasteiger partial charge is 0.317 e. The van der Waals surface area contributed by atoms with Crippen LogP contribution in [-0.2, 0) is 4.79 Å². The number of carbonyl (C=O) groups excluding carboxylic acids is 2. The van der Waals surface area contributed by atoms with E-state index in [1.165, 1.54) is 0 Å². The molecule has 1 aliphatic carbocycles. The molecule has 8 heteroatoms. The van der Waals surface area contributed by atoms with Crippen LogP contribution in [0.4, 0.5) is 10.5 Å². The first kappa shape index (κ1) is 15.3. The first-order chi connectivity index (χ1) is 11.7. The van der Waals surface area contributed by atoms with Crippen LogP contribution in [0, 0.1) is 5.92 Å². The number of fused-ring (bicyclic) bond motifs is 1. The molecule has 1 saturated carbocycles. The summed E-state index contributed by atoms with van der Waals surface area (Å²) in [5.74, 6) is -0.245. The van der Waals surface area contributed by atoms with Gasteiger partial charge in [-0.2, -0.15) is 8.75 Å². The highest BCUT2D eigenvalue weighted by atomic mass is 32.1. The van der Waals surface area contributed by atoms with Crippen LogP contribution in [0.25, 0.3) is 11.0 Å². The van der Waals surface area contributed by atoms with Gasteiger partial charge in [0.1, 0.15) is 11.0 Å². The molecule has 0 spiro atoms. The standard InChI is InChI=1S/C16H19N5O2S/c22-15(18-12-4-1-5-13-14(12)20-24-19-13)10-3-2-8-21(9-10)16(23)17-11-6-7-11/h1,4-5,10-11H,2-3,6-9H2,(H,17,23)(H,18,22). The zero-order valence-electron chi connectivity index (χ0n) is 13.2. The SMILES string of the molecule is O=C(Nc1cccc2nsnc12)C1CCCN(C(=O)NC2CC2)C1. The number of aromatic nitrogens is 2. The normalized spacial score (nSPS) is 20.8. The molecule has 0 radical (unpaired) electrons. The minimum atomic E-state index is -0.189. The van der Waals surface area contributed by atoms with Gasteiger partial charge in [0.15, 0.2) is 0 Å². The third kappa shape index (κ3) is 3.19. The minimum absolute atomic E-state index is 0.0409. The Morgan fingerprint density at radius 2 is 2.08 bits per heavy atom. The molecule has 1 atom stereocenters. The van der Waals surface area contributed by atoms with Crippen LogP contribution in [0.1, 0.15) is 25.7 Å². The molecule has 2 N–H and O–H groups in total. The summed E-state index contributed by atoms with van der Waals surface area (Å²) in [7, 11) is 0. The number of carbonyl (C=O) groups is 2. The van der Waals surface area contributed by atoms with E-state index in [-0.39, 0.29) is 17.9 Å². The van der Waals surface area contributed by atoms with Crippen molar-refractivity contribution in [2.75, 3.05) is 18.4 Å². The number of hydrogen-bond donors (Lipinski definition) is 2. The Hall–Kier alpha value is -2.22. The van der Waals surface area contributed by atoms with Gasteiger partial charge in [0.25, 0.3) is 0 Å². The van der Waals surface area contributed by atoms with Gasteiger partial charge < -0.3 is 15.5 Å². The molecule has 1 aliphatic heterocycles. The van der Waals surface area contributed by atoms with Crippen LogP contribution in [-0.4, -0.2) is 44.7 Å². The molecule has 1 saturated heterocycles. The van der Waals surface area contributed by atoms with Crippen molar-refractivity contribution in [1.82, 2.24) is 19.0 Å². The van der Waals surface area contributed by atoms with E-state index in [4.69, 9.17) is 0 Å². The monoisotopic (exact) mass is 345 g/mol. The van der Waals surface area contributed by atoms with Gasteiger partial charge in [-0.25, -0.2) is 4.79 Å². The maximum atomic E-state index is 12.6. The summed E-state index contributed by atoms with van der Waals surface area (Å²) in [5.41, 5.74) is 2.19. The van der Waals surface area contributed by atoms with Crippen molar-refractivity contribution in [1.29, 1.82) is 0 Å². The molecule has 2 fully saturated rings. The first-order valence-electron chi connectivity index (χ1n) is 8.28. The molecule has 2 aliphatic rings. The van der Waals surface area contributed by atoms with Crippen LogP contribution in [0.3, 0.4) is 0 Å². The third-order valence-electron chi connectivity index (χ3n) is 4.53. The summed E-state index contributed by atoms with van der Waals surface area (Å²) < 4.78 is 8.43. The highest BCUT2D eigenvalue weighted by molar-refractivity contribution is 7.00. The van der Waals surface area contributed by atoms with Crippen molar-refractivity contribution in [2.24, 2.45) is 5.92 Å². The summed E-state index contributed by atoms with van der Waals surface area (Å²) in [6.45, 7) is 1.18. The van der Waals surface area contributed by atoms with E-state index in [1.54, 1.807) is 4.90 Å². The first-order valence-corrected chi connectivity index (χ1v) is 9.01. The number of hydrogen-bond acceptors (Lipinski definition) is 5. The molecule has 1 aromatic carbocycles. The quantitative estimate of drug-likeness (QED) is 0.893. The number of nitrogens with one attached hydrogen (secondary N) is 2. The maximum absolute atomic E-state index is 12.6. The van der Waals surface area contributed by atoms with Crippen LogP contribution >= 0.6 is 11.7 Å². The Bertz CT molecular complexity index is 773. The van der Waals surface area contributed by atoms with Gasteiger partial charge in [-0.15, -0.1) is 0 Å². The highest BCUT2D eigenvalue weighted by Crippen LogP contribution is 2.24. The zero-order chi connectivity index (χ0) is 16.5. The molecule has 4 rings (SSSR count). The van der Waals surface area contributed by atoms with Gasteiger partial charge in [0.05, 0.1) is 23.3 Å². The molecule has 1 unspecified atom stereocenters. The predicted octanol–water partition coefficient (Wildman–Crippen LogP) is 2.21. The zero-order valence-corrected chi connectivity index (χ0v) is 14.0. The van der Waals surface area contributed by atoms with Gasteiger partial charge in [0.2, 0.25) is 5.91 Å². The molecule has 2 heterocycles. The second-order valence-corrected chi connectivity index (χ2v) is 6.96. The van der Waals surface area contributed by atoms with Crippen molar-refractivity contribution in [3.05, 3.63) is 18.2 Å². The predicted molar refractivity (Wildman–Crippen MR) is 91.9 cm³/mol. The summed E-state index contributed by atoms with van der Waals surface area (Å²) in [4.78, 5) is 26.6. The lowest BCUT2D eigenvalue weighted by Crippen LogP contribution is -2.48. The number of benzene rings is 1. The summed E-state index contributed by atoms with van der Waals surface area (Å²) in [6, 6.07) is 5.86. The Kier molecular flexibility index (Phi) is 4.05. The Labute approximate surface area is 143 Å². The lowest BCUT2D eigenvalue weighted by Gasteiger charge is -2.32. The van der Waals surface area contributed by atoms with Gasteiger partial charge >= 0.3 is 6.03 Å². The van der Waals surface area contributed by atoms with E-state index in [0.717, 1.165) is 48.4 Å². The molecule has 7 nitrogen and oxygen atoms in total. The van der Waals surface area contributed by atoms with E-state index < -0.39 is 0 Å². The van der Waals surface area contributed by atoms with Crippen LogP contribution in [0.5, 0.6) is 0 Å². The van der Waals surface area contributed by atoms with Gasteiger partial charge in [-0.3, -0.25) is 4.79 Å². The van der Waals surface area contributed by atoms with Crippen LogP contribution in [0.15, 0.2) is 18.2 Å². The minimum Gasteiger partial charge on any atom is -0.335 e. The highest BCUT2D eigenvalue weighted by Gasteiger charge is 2.31. The fraction of sp³-hybridized carbons (Fsp3) is 0.500. The largest absolute Gasteiger partial charge is 0.335 e. The number of likely N-dealkylation sites (tertiary alicyclic amines) is 1. The molecule has 1 aromatic heterocycles. The maximum Gasteiger partial charge on any atom is 0.317 e. The van der Waals surface area contributed by atoms with Gasteiger partial charge in [0, 0.05) is 19.1 Å². The van der Waals surface area contributed by atoms with E-state index in [2.05, 4.69) is 19.4 Å². The summed E-state index contributed by atoms with van der Waals surface area (Å²) in [5, 5.41) is 5.95. The number of amides is 3. The van der Waals surface area contributed by atoms with Crippen molar-refractivity contribution in [2.45, 2.75) is 31.7 Å². The third-order valence-corrected chi connectivity index (χ3v) is 5.07. The van der Waals surface area contributed by atoms with Gasteiger partial charge in [-0.05, 0) is 37.8 Å². The van der Waals surface area contributed by atoms with E-state index in [9.17, 15) is 9.59 Å². The summed E-state index contributed by atoms with van der Waals surface area (Å²) in [6.07, 6.45) is 3.77. The van der Waals surface area contributed by atoms with E-state index in [1.807, 2.05) is 18.2 Å². The van der Waals surface area contributed by atoms with Gasteiger partial charge in [-0.1, -0.05) is 6.07 Å². The number of piperidine rings is 1. The van der Waals surface area contributed by atoms with E-state index >= 15 is 0 Å². The Balaban J connectivity index is 1.42. The van der Waals surface area contributed by atoms with Crippen molar-refractivity contribution >= 4 is 40.4 Å². The molecule has 2 aromatic rings. The Morgan fingerprint density at radius 3 is 2.92 bits per heavy atom. The average molecular weight is 345 g/mol. The lowest BCUT2D eigenvalue weighted by atomic mass is 9.97. The number of rotatable bonds is 3. The fourth-order valence-corrected chi connectivity index (χ4v) is 3.56. The molecule has 0 bridgehead atoms. The second-order valence-electron chi connectivity index (χ2n) is 6.44. The van der Waals surface area contributed by atoms with E-state index in [0.29, 0.717) is 24.8 Å². The topological polar surface area (TPSA) is 87.2 Å². The van der Waals surface area contributed by atoms with Crippen molar-refractivity contribution in [3.63, 3.8) is 0 Å². The molecule has 3 amide bonds. The fourth-order valence-electron chi connectivity index (χ4n) is 3.01. The lowest BCUT2D eigenvalue weighted by molar-refractivity contribution is -0.121. The number of urea groups is 1. The Morgan fingerprint density at radius 1 is 1.21 bits per heavy atom. The number of nitrogens with zero attached hydrogens (tertiary/aromatic N) is 3. The summed E-state index contributed by atoms with van der Waals surface area (Å²) >= 11 is 1.13.